The van der Waals surface area contributed by atoms with Crippen LogP contribution in [0.3, 0.4) is 0 Å². The van der Waals surface area contributed by atoms with E-state index in [0.717, 1.165) is 21.3 Å². The van der Waals surface area contributed by atoms with Crippen molar-refractivity contribution in [1.29, 1.82) is 0 Å². The first-order valence-electron chi connectivity index (χ1n) is 7.55. The molecular weight excluding hydrogens is 384 g/mol. The lowest BCUT2D eigenvalue weighted by molar-refractivity contribution is 0.0927. The molecule has 3 rings (SSSR count). The van der Waals surface area contributed by atoms with Crippen molar-refractivity contribution in [3.05, 3.63) is 88.3 Å². The third kappa shape index (κ3) is 5.06. The van der Waals surface area contributed by atoms with Gasteiger partial charge < -0.3 is 9.15 Å². The Labute approximate surface area is 153 Å². The minimum atomic E-state index is -0.393. The lowest BCUT2D eigenvalue weighted by atomic mass is 10.2. The molecule has 0 saturated carbocycles. The summed E-state index contributed by atoms with van der Waals surface area (Å²) in [4.78, 5) is 11.6. The molecule has 0 radical (unpaired) electrons. The van der Waals surface area contributed by atoms with E-state index in [0.29, 0.717) is 6.61 Å². The van der Waals surface area contributed by atoms with Gasteiger partial charge in [-0.2, -0.15) is 5.10 Å². The van der Waals surface area contributed by atoms with Crippen LogP contribution in [0, 0.1) is 0 Å². The number of amides is 1. The Hall–Kier alpha value is -2.86. The summed E-state index contributed by atoms with van der Waals surface area (Å²) in [7, 11) is 0. The normalized spacial score (nSPS) is 10.8. The van der Waals surface area contributed by atoms with E-state index in [1.54, 1.807) is 18.3 Å². The van der Waals surface area contributed by atoms with Gasteiger partial charge in [-0.05, 0) is 59.7 Å². The molecule has 0 bridgehead atoms. The van der Waals surface area contributed by atoms with Crippen LogP contribution in [0.5, 0.6) is 5.75 Å². The Morgan fingerprint density at radius 3 is 2.56 bits per heavy atom. The van der Waals surface area contributed by atoms with Crippen LogP contribution in [0.1, 0.15) is 21.7 Å². The minimum absolute atomic E-state index is 0.217. The molecule has 0 atom stereocenters. The van der Waals surface area contributed by atoms with Crippen LogP contribution in [0.4, 0.5) is 0 Å². The molecule has 2 aromatic carbocycles. The predicted molar refractivity (Wildman–Crippen MR) is 98.7 cm³/mol. The molecule has 6 heteroatoms. The van der Waals surface area contributed by atoms with Crippen molar-refractivity contribution in [1.82, 2.24) is 5.43 Å². The molecule has 0 fully saturated rings. The van der Waals surface area contributed by atoms with E-state index >= 15 is 0 Å². The van der Waals surface area contributed by atoms with Gasteiger partial charge in [0.1, 0.15) is 12.4 Å². The van der Waals surface area contributed by atoms with Gasteiger partial charge in [0.25, 0.3) is 0 Å². The standard InChI is InChI=1S/C19H15BrN2O3/c20-16-7-3-15(4-8-16)13-25-17-9-5-14(6-10-17)12-21-22-19(23)18-2-1-11-24-18/h1-12H,13H2,(H,22,23). The molecule has 1 aromatic heterocycles. The van der Waals surface area contributed by atoms with Crippen molar-refractivity contribution < 1.29 is 13.9 Å². The number of rotatable bonds is 6. The van der Waals surface area contributed by atoms with Crippen molar-refractivity contribution >= 4 is 28.1 Å². The van der Waals surface area contributed by atoms with Gasteiger partial charge in [0.15, 0.2) is 5.76 Å². The fraction of sp³-hybridized carbons (Fsp3) is 0.0526. The number of halogens is 1. The van der Waals surface area contributed by atoms with Crippen molar-refractivity contribution in [2.75, 3.05) is 0 Å². The van der Waals surface area contributed by atoms with Crippen LogP contribution < -0.4 is 10.2 Å². The van der Waals surface area contributed by atoms with Crippen LogP contribution in [0.25, 0.3) is 0 Å². The third-order valence-electron chi connectivity index (χ3n) is 3.32. The zero-order valence-corrected chi connectivity index (χ0v) is 14.8. The molecule has 1 heterocycles. The highest BCUT2D eigenvalue weighted by atomic mass is 79.9. The molecule has 0 aliphatic rings. The van der Waals surface area contributed by atoms with Gasteiger partial charge in [-0.25, -0.2) is 5.43 Å². The number of ether oxygens (including phenoxy) is 1. The number of benzene rings is 2. The average Bonchev–Trinajstić information content (AvgIpc) is 3.17. The molecule has 3 aromatic rings. The Balaban J connectivity index is 1.50. The van der Waals surface area contributed by atoms with E-state index in [2.05, 4.69) is 26.5 Å². The van der Waals surface area contributed by atoms with Crippen LogP contribution in [-0.4, -0.2) is 12.1 Å². The van der Waals surface area contributed by atoms with E-state index < -0.39 is 5.91 Å². The fourth-order valence-corrected chi connectivity index (χ4v) is 2.29. The summed E-state index contributed by atoms with van der Waals surface area (Å²) in [6.45, 7) is 0.500. The van der Waals surface area contributed by atoms with Gasteiger partial charge >= 0.3 is 5.91 Å². The van der Waals surface area contributed by atoms with Crippen molar-refractivity contribution in [2.24, 2.45) is 5.10 Å². The van der Waals surface area contributed by atoms with Crippen LogP contribution in [-0.2, 0) is 6.61 Å². The topological polar surface area (TPSA) is 63.8 Å². The molecule has 0 saturated heterocycles. The van der Waals surface area contributed by atoms with E-state index in [9.17, 15) is 4.79 Å². The van der Waals surface area contributed by atoms with Gasteiger partial charge in [0.05, 0.1) is 12.5 Å². The SMILES string of the molecule is O=C(NN=Cc1ccc(OCc2ccc(Br)cc2)cc1)c1ccco1. The molecule has 1 N–H and O–H groups in total. The maximum Gasteiger partial charge on any atom is 0.307 e. The van der Waals surface area contributed by atoms with Gasteiger partial charge in [0.2, 0.25) is 0 Å². The minimum Gasteiger partial charge on any atom is -0.489 e. The average molecular weight is 399 g/mol. The molecule has 5 nitrogen and oxygen atoms in total. The van der Waals surface area contributed by atoms with Crippen molar-refractivity contribution in [3.63, 3.8) is 0 Å². The molecule has 0 unspecified atom stereocenters. The summed E-state index contributed by atoms with van der Waals surface area (Å²) in [6.07, 6.45) is 2.99. The number of hydrazone groups is 1. The highest BCUT2D eigenvalue weighted by Crippen LogP contribution is 2.15. The number of nitrogens with zero attached hydrogens (tertiary/aromatic N) is 1. The first kappa shape index (κ1) is 17.0. The summed E-state index contributed by atoms with van der Waals surface area (Å²) < 4.78 is 11.8. The van der Waals surface area contributed by atoms with Gasteiger partial charge in [-0.15, -0.1) is 0 Å². The number of carbonyl (C=O) groups is 1. The first-order valence-corrected chi connectivity index (χ1v) is 8.34. The summed E-state index contributed by atoms with van der Waals surface area (Å²) in [6, 6.07) is 18.6. The highest BCUT2D eigenvalue weighted by Gasteiger charge is 2.05. The predicted octanol–water partition coefficient (Wildman–Crippen LogP) is 4.39. The van der Waals surface area contributed by atoms with E-state index in [-0.39, 0.29) is 5.76 Å². The molecule has 25 heavy (non-hydrogen) atoms. The smallest absolute Gasteiger partial charge is 0.307 e. The molecule has 1 amide bonds. The number of carbonyl (C=O) groups excluding carboxylic acids is 1. The summed E-state index contributed by atoms with van der Waals surface area (Å²) in [5.74, 6) is 0.587. The van der Waals surface area contributed by atoms with Gasteiger partial charge in [-0.1, -0.05) is 28.1 Å². The molecular formula is C19H15BrN2O3. The Kier molecular flexibility index (Phi) is 5.64. The molecule has 0 aliphatic carbocycles. The van der Waals surface area contributed by atoms with Crippen LogP contribution in [0.2, 0.25) is 0 Å². The second-order valence-corrected chi connectivity index (χ2v) is 6.08. The zero-order chi connectivity index (χ0) is 17.5. The molecule has 0 spiro atoms. The monoisotopic (exact) mass is 398 g/mol. The summed E-state index contributed by atoms with van der Waals surface area (Å²) in [5.41, 5.74) is 4.34. The lowest BCUT2D eigenvalue weighted by Crippen LogP contribution is -2.16. The van der Waals surface area contributed by atoms with Crippen LogP contribution >= 0.6 is 15.9 Å². The number of nitrogens with one attached hydrogen (secondary N) is 1. The Morgan fingerprint density at radius 2 is 1.88 bits per heavy atom. The Bertz CT molecular complexity index is 841. The molecule has 126 valence electrons. The van der Waals surface area contributed by atoms with E-state index in [1.165, 1.54) is 6.26 Å². The van der Waals surface area contributed by atoms with Crippen molar-refractivity contribution in [2.45, 2.75) is 6.61 Å². The number of hydrogen-bond donors (Lipinski definition) is 1. The Morgan fingerprint density at radius 1 is 1.12 bits per heavy atom. The fourth-order valence-electron chi connectivity index (χ4n) is 2.03. The second-order valence-electron chi connectivity index (χ2n) is 5.16. The lowest BCUT2D eigenvalue weighted by Gasteiger charge is -2.06. The number of hydrogen-bond acceptors (Lipinski definition) is 4. The van der Waals surface area contributed by atoms with E-state index in [4.69, 9.17) is 9.15 Å². The largest absolute Gasteiger partial charge is 0.489 e. The highest BCUT2D eigenvalue weighted by molar-refractivity contribution is 9.10. The van der Waals surface area contributed by atoms with E-state index in [1.807, 2.05) is 48.5 Å². The van der Waals surface area contributed by atoms with Crippen molar-refractivity contribution in [3.8, 4) is 5.75 Å². The maximum atomic E-state index is 11.6. The van der Waals surface area contributed by atoms with Crippen LogP contribution in [0.15, 0.2) is 80.9 Å². The summed E-state index contributed by atoms with van der Waals surface area (Å²) >= 11 is 3.41. The number of furan rings is 1. The maximum absolute atomic E-state index is 11.6. The quantitative estimate of drug-likeness (QED) is 0.494. The summed E-state index contributed by atoms with van der Waals surface area (Å²) in [5, 5.41) is 3.90. The zero-order valence-electron chi connectivity index (χ0n) is 13.2. The molecule has 0 aliphatic heterocycles. The first-order chi connectivity index (χ1) is 12.2. The third-order valence-corrected chi connectivity index (χ3v) is 3.85. The van der Waals surface area contributed by atoms with Gasteiger partial charge in [0, 0.05) is 4.47 Å². The second kappa shape index (κ2) is 8.30. The van der Waals surface area contributed by atoms with Gasteiger partial charge in [-0.3, -0.25) is 4.79 Å².